The predicted octanol–water partition coefficient (Wildman–Crippen LogP) is 3.22. The van der Waals surface area contributed by atoms with Crippen LogP contribution in [-0.4, -0.2) is 25.3 Å². The molecule has 0 aromatic heterocycles. The topological polar surface area (TPSA) is 35.5 Å². The summed E-state index contributed by atoms with van der Waals surface area (Å²) in [6.45, 7) is 0. The molecule has 1 aromatic rings. The molecule has 0 amide bonds. The molecule has 0 saturated carbocycles. The van der Waals surface area contributed by atoms with Crippen molar-refractivity contribution in [1.82, 2.24) is 0 Å². The van der Waals surface area contributed by atoms with Gasteiger partial charge in [0.25, 0.3) is 0 Å². The monoisotopic (exact) mass is 278 g/mol. The lowest BCUT2D eigenvalue weighted by molar-refractivity contribution is -0.137. The van der Waals surface area contributed by atoms with Crippen LogP contribution in [-0.2, 0) is 14.3 Å². The van der Waals surface area contributed by atoms with Gasteiger partial charge in [-0.2, -0.15) is 0 Å². The van der Waals surface area contributed by atoms with Crippen LogP contribution >= 0.6 is 11.6 Å². The van der Waals surface area contributed by atoms with E-state index in [1.807, 2.05) is 24.3 Å². The molecule has 0 N–H and O–H groups in total. The molecule has 0 spiro atoms. The highest BCUT2D eigenvalue weighted by atomic mass is 35.5. The van der Waals surface area contributed by atoms with Gasteiger partial charge < -0.3 is 9.47 Å². The van der Waals surface area contributed by atoms with Crippen molar-refractivity contribution in [2.24, 2.45) is 0 Å². The molecule has 1 saturated heterocycles. The Morgan fingerprint density at radius 3 is 2.74 bits per heavy atom. The van der Waals surface area contributed by atoms with Crippen molar-refractivity contribution in [2.75, 3.05) is 7.11 Å². The summed E-state index contributed by atoms with van der Waals surface area (Å²) >= 11 is 5.91. The molecular weight excluding hydrogens is 264 g/mol. The van der Waals surface area contributed by atoms with Crippen molar-refractivity contribution < 1.29 is 14.3 Å². The van der Waals surface area contributed by atoms with E-state index in [-0.39, 0.29) is 18.2 Å². The number of ether oxygens (including phenoxy) is 2. The summed E-state index contributed by atoms with van der Waals surface area (Å²) in [4.78, 5) is 12.0. The smallest absolute Gasteiger partial charge is 0.336 e. The number of hydrogen-bond acceptors (Lipinski definition) is 3. The van der Waals surface area contributed by atoms with E-state index in [1.54, 1.807) is 0 Å². The lowest BCUT2D eigenvalue weighted by Gasteiger charge is -2.26. The minimum atomic E-state index is -0.282. The third kappa shape index (κ3) is 2.28. The first-order valence-electron chi connectivity index (χ1n) is 6.42. The summed E-state index contributed by atoms with van der Waals surface area (Å²) in [6, 6.07) is 7.59. The van der Waals surface area contributed by atoms with Gasteiger partial charge in [0.1, 0.15) is 0 Å². The lowest BCUT2D eigenvalue weighted by atomic mass is 9.92. The van der Waals surface area contributed by atoms with Crippen molar-refractivity contribution in [3.63, 3.8) is 0 Å². The van der Waals surface area contributed by atoms with E-state index >= 15 is 0 Å². The average molecular weight is 279 g/mol. The van der Waals surface area contributed by atoms with Crippen molar-refractivity contribution in [2.45, 2.75) is 31.5 Å². The lowest BCUT2D eigenvalue weighted by Crippen LogP contribution is -2.26. The van der Waals surface area contributed by atoms with E-state index in [0.717, 1.165) is 30.4 Å². The maximum atomic E-state index is 12.0. The van der Waals surface area contributed by atoms with E-state index in [0.29, 0.717) is 10.6 Å². The maximum absolute atomic E-state index is 12.0. The summed E-state index contributed by atoms with van der Waals surface area (Å²) in [5.74, 6) is -0.282. The number of carbonyl (C=O) groups is 1. The molecule has 0 aliphatic carbocycles. The largest absolute Gasteiger partial charge is 0.466 e. The number of methoxy groups -OCH3 is 1. The zero-order valence-corrected chi connectivity index (χ0v) is 11.4. The van der Waals surface area contributed by atoms with Crippen LogP contribution in [0.25, 0.3) is 5.57 Å². The second-order valence-electron chi connectivity index (χ2n) is 4.92. The Labute approximate surface area is 117 Å². The van der Waals surface area contributed by atoms with Gasteiger partial charge in [-0.1, -0.05) is 23.7 Å². The molecule has 0 unspecified atom stereocenters. The Hall–Kier alpha value is -1.32. The van der Waals surface area contributed by atoms with Crippen LogP contribution < -0.4 is 0 Å². The van der Waals surface area contributed by atoms with E-state index in [1.165, 1.54) is 7.11 Å². The molecule has 100 valence electrons. The molecule has 2 atom stereocenters. The summed E-state index contributed by atoms with van der Waals surface area (Å²) in [7, 11) is 1.41. The fourth-order valence-corrected chi connectivity index (χ4v) is 3.02. The summed E-state index contributed by atoms with van der Waals surface area (Å²) < 4.78 is 10.7. The number of hydrogen-bond donors (Lipinski definition) is 0. The standard InChI is InChI=1S/C15H15ClO3/c1-18-15(17)14-12(8-11-6-7-13(14)19-11)9-2-4-10(16)5-3-9/h2-5,11,13H,6-8H2,1H3/t11-,13+/m0/s1. The number of fused-ring (bicyclic) bond motifs is 2. The molecule has 4 heteroatoms. The minimum absolute atomic E-state index is 0.114. The fraction of sp³-hybridized carbons (Fsp3) is 0.400. The van der Waals surface area contributed by atoms with Gasteiger partial charge in [0.05, 0.1) is 24.9 Å². The number of halogens is 1. The van der Waals surface area contributed by atoms with Gasteiger partial charge in [0, 0.05) is 5.02 Å². The Morgan fingerprint density at radius 1 is 1.32 bits per heavy atom. The zero-order valence-electron chi connectivity index (χ0n) is 10.7. The molecule has 0 radical (unpaired) electrons. The number of carbonyl (C=O) groups excluding carboxylic acids is 1. The number of benzene rings is 1. The van der Waals surface area contributed by atoms with Gasteiger partial charge in [-0.25, -0.2) is 4.79 Å². The Morgan fingerprint density at radius 2 is 2.05 bits per heavy atom. The first-order chi connectivity index (χ1) is 9.19. The van der Waals surface area contributed by atoms with Crippen molar-refractivity contribution in [3.8, 4) is 0 Å². The average Bonchev–Trinajstić information content (AvgIpc) is 2.80. The Kier molecular flexibility index (Phi) is 3.33. The number of esters is 1. The molecule has 3 rings (SSSR count). The Bertz CT molecular complexity index is 533. The van der Waals surface area contributed by atoms with Crippen LogP contribution in [0.15, 0.2) is 29.8 Å². The molecule has 19 heavy (non-hydrogen) atoms. The number of rotatable bonds is 2. The molecular formula is C15H15ClO3. The first-order valence-corrected chi connectivity index (χ1v) is 6.79. The van der Waals surface area contributed by atoms with Crippen LogP contribution in [0.3, 0.4) is 0 Å². The van der Waals surface area contributed by atoms with Gasteiger partial charge in [-0.05, 0) is 42.5 Å². The zero-order chi connectivity index (χ0) is 13.4. The van der Waals surface area contributed by atoms with E-state index < -0.39 is 0 Å². The molecule has 2 aliphatic rings. The Balaban J connectivity index is 2.07. The molecule has 2 heterocycles. The van der Waals surface area contributed by atoms with E-state index in [9.17, 15) is 4.79 Å². The highest BCUT2D eigenvalue weighted by molar-refractivity contribution is 6.30. The molecule has 2 bridgehead atoms. The van der Waals surface area contributed by atoms with Crippen molar-refractivity contribution >= 4 is 23.1 Å². The van der Waals surface area contributed by atoms with Crippen LogP contribution in [0.1, 0.15) is 24.8 Å². The summed E-state index contributed by atoms with van der Waals surface area (Å²) in [5.41, 5.74) is 2.76. The second kappa shape index (κ2) is 4.99. The SMILES string of the molecule is COC(=O)C1=C(c2ccc(Cl)cc2)C[C@@H]2CC[C@H]1O2. The van der Waals surface area contributed by atoms with Gasteiger partial charge >= 0.3 is 5.97 Å². The predicted molar refractivity (Wildman–Crippen MR) is 72.9 cm³/mol. The van der Waals surface area contributed by atoms with E-state index in [4.69, 9.17) is 21.1 Å². The molecule has 3 nitrogen and oxygen atoms in total. The first kappa shape index (κ1) is 12.7. The van der Waals surface area contributed by atoms with Gasteiger partial charge in [0.15, 0.2) is 0 Å². The second-order valence-corrected chi connectivity index (χ2v) is 5.36. The molecule has 1 fully saturated rings. The molecule has 2 aliphatic heterocycles. The molecule has 1 aromatic carbocycles. The van der Waals surface area contributed by atoms with Gasteiger partial charge in [-0.15, -0.1) is 0 Å². The van der Waals surface area contributed by atoms with Crippen LogP contribution in [0, 0.1) is 0 Å². The van der Waals surface area contributed by atoms with Crippen molar-refractivity contribution in [3.05, 3.63) is 40.4 Å². The van der Waals surface area contributed by atoms with Crippen LogP contribution in [0.2, 0.25) is 5.02 Å². The van der Waals surface area contributed by atoms with Crippen molar-refractivity contribution in [1.29, 1.82) is 0 Å². The maximum Gasteiger partial charge on any atom is 0.336 e. The van der Waals surface area contributed by atoms with Gasteiger partial charge in [0.2, 0.25) is 0 Å². The summed E-state index contributed by atoms with van der Waals surface area (Å²) in [5, 5.41) is 0.694. The summed E-state index contributed by atoms with van der Waals surface area (Å²) in [6.07, 6.45) is 2.78. The highest BCUT2D eigenvalue weighted by Gasteiger charge is 2.39. The third-order valence-electron chi connectivity index (χ3n) is 3.78. The van der Waals surface area contributed by atoms with Gasteiger partial charge in [-0.3, -0.25) is 0 Å². The van der Waals surface area contributed by atoms with Crippen LogP contribution in [0.4, 0.5) is 0 Å². The van der Waals surface area contributed by atoms with Crippen LogP contribution in [0.5, 0.6) is 0 Å². The minimum Gasteiger partial charge on any atom is -0.466 e. The normalized spacial score (nSPS) is 25.6. The van der Waals surface area contributed by atoms with E-state index in [2.05, 4.69) is 0 Å². The fourth-order valence-electron chi connectivity index (χ4n) is 2.89. The highest BCUT2D eigenvalue weighted by Crippen LogP contribution is 2.41. The third-order valence-corrected chi connectivity index (χ3v) is 4.04. The quantitative estimate of drug-likeness (QED) is 0.779.